The molecular formula is C17H22BrN5O3. The number of fused-ring (bicyclic) bond motifs is 1. The number of pyridine rings is 1. The zero-order chi connectivity index (χ0) is 19.1. The van der Waals surface area contributed by atoms with Crippen LogP contribution in [0.4, 0.5) is 10.6 Å². The van der Waals surface area contributed by atoms with Crippen molar-refractivity contribution in [2.45, 2.75) is 38.8 Å². The van der Waals surface area contributed by atoms with Crippen molar-refractivity contribution in [1.29, 1.82) is 0 Å². The molecule has 1 fully saturated rings. The molecule has 0 bridgehead atoms. The lowest BCUT2D eigenvalue weighted by molar-refractivity contribution is 0.0293. The highest BCUT2D eigenvalue weighted by molar-refractivity contribution is 9.10. The van der Waals surface area contributed by atoms with E-state index in [1.54, 1.807) is 18.1 Å². The van der Waals surface area contributed by atoms with Gasteiger partial charge in [0.1, 0.15) is 16.8 Å². The Balaban J connectivity index is 1.81. The maximum Gasteiger partial charge on any atom is 0.410 e. The van der Waals surface area contributed by atoms with E-state index in [-0.39, 0.29) is 17.7 Å². The fourth-order valence-corrected chi connectivity index (χ4v) is 3.26. The monoisotopic (exact) mass is 423 g/mol. The molecule has 1 atom stereocenters. The van der Waals surface area contributed by atoms with Gasteiger partial charge in [0, 0.05) is 32.4 Å². The molecular weight excluding hydrogens is 402 g/mol. The van der Waals surface area contributed by atoms with E-state index in [9.17, 15) is 9.59 Å². The van der Waals surface area contributed by atoms with Crippen LogP contribution < -0.4 is 10.9 Å². The Morgan fingerprint density at radius 1 is 1.38 bits per heavy atom. The summed E-state index contributed by atoms with van der Waals surface area (Å²) in [5.41, 5.74) is -0.134. The number of hydrogen-bond acceptors (Lipinski definition) is 6. The zero-order valence-corrected chi connectivity index (χ0v) is 16.8. The zero-order valence-electron chi connectivity index (χ0n) is 15.2. The number of nitrogens with one attached hydrogen (secondary N) is 1. The summed E-state index contributed by atoms with van der Waals surface area (Å²) in [6, 6.07) is -0.00990. The highest BCUT2D eigenvalue weighted by Crippen LogP contribution is 2.25. The van der Waals surface area contributed by atoms with E-state index in [0.29, 0.717) is 34.3 Å². The molecule has 1 aliphatic heterocycles. The van der Waals surface area contributed by atoms with Crippen LogP contribution in [-0.2, 0) is 11.8 Å². The van der Waals surface area contributed by atoms with Crippen molar-refractivity contribution in [1.82, 2.24) is 19.4 Å². The van der Waals surface area contributed by atoms with E-state index in [1.165, 1.54) is 10.9 Å². The molecule has 140 valence electrons. The molecule has 1 N–H and O–H groups in total. The molecule has 1 saturated heterocycles. The molecule has 9 heteroatoms. The predicted molar refractivity (Wildman–Crippen MR) is 102 cm³/mol. The van der Waals surface area contributed by atoms with Gasteiger partial charge >= 0.3 is 6.09 Å². The molecule has 2 aromatic rings. The van der Waals surface area contributed by atoms with E-state index < -0.39 is 5.60 Å². The van der Waals surface area contributed by atoms with Gasteiger partial charge in [-0.2, -0.15) is 0 Å². The number of amides is 1. The Labute approximate surface area is 159 Å². The number of hydrogen-bond donors (Lipinski definition) is 1. The van der Waals surface area contributed by atoms with Crippen LogP contribution in [0.25, 0.3) is 10.9 Å². The Morgan fingerprint density at radius 2 is 2.12 bits per heavy atom. The Bertz CT molecular complexity index is 906. The summed E-state index contributed by atoms with van der Waals surface area (Å²) < 4.78 is 7.50. The van der Waals surface area contributed by atoms with Crippen LogP contribution in [0, 0.1) is 0 Å². The molecule has 8 nitrogen and oxygen atoms in total. The largest absolute Gasteiger partial charge is 0.444 e. The van der Waals surface area contributed by atoms with Crippen molar-refractivity contribution >= 4 is 38.7 Å². The summed E-state index contributed by atoms with van der Waals surface area (Å²) >= 11 is 3.39. The number of ether oxygens (including phenoxy) is 1. The quantitative estimate of drug-likeness (QED) is 0.797. The van der Waals surface area contributed by atoms with Gasteiger partial charge < -0.3 is 19.5 Å². The normalized spacial score (nSPS) is 17.6. The smallest absolute Gasteiger partial charge is 0.410 e. The number of rotatable bonds is 2. The first-order chi connectivity index (χ1) is 12.2. The van der Waals surface area contributed by atoms with Gasteiger partial charge in [0.25, 0.3) is 5.56 Å². The maximum absolute atomic E-state index is 12.5. The third-order valence-electron chi connectivity index (χ3n) is 4.08. The van der Waals surface area contributed by atoms with Crippen LogP contribution in [0.3, 0.4) is 0 Å². The molecule has 2 aromatic heterocycles. The second kappa shape index (κ2) is 6.86. The van der Waals surface area contributed by atoms with Crippen LogP contribution in [0.1, 0.15) is 27.2 Å². The van der Waals surface area contributed by atoms with Crippen LogP contribution in [0.15, 0.2) is 21.8 Å². The van der Waals surface area contributed by atoms with Gasteiger partial charge in [0.15, 0.2) is 0 Å². The Morgan fingerprint density at radius 3 is 2.81 bits per heavy atom. The topological polar surface area (TPSA) is 89.3 Å². The number of aromatic nitrogens is 3. The first-order valence-corrected chi connectivity index (χ1v) is 9.19. The van der Waals surface area contributed by atoms with Gasteiger partial charge in [-0.05, 0) is 43.1 Å². The first kappa shape index (κ1) is 18.6. The molecule has 26 heavy (non-hydrogen) atoms. The van der Waals surface area contributed by atoms with E-state index in [4.69, 9.17) is 4.74 Å². The van der Waals surface area contributed by atoms with Gasteiger partial charge in [0.05, 0.1) is 16.3 Å². The summed E-state index contributed by atoms with van der Waals surface area (Å²) in [5.74, 6) is 0.480. The minimum atomic E-state index is -0.524. The van der Waals surface area contributed by atoms with Crippen molar-refractivity contribution in [2.75, 3.05) is 18.4 Å². The van der Waals surface area contributed by atoms with Gasteiger partial charge in [0.2, 0.25) is 0 Å². The summed E-state index contributed by atoms with van der Waals surface area (Å²) in [5, 5.41) is 3.72. The highest BCUT2D eigenvalue weighted by atomic mass is 79.9. The Kier molecular flexibility index (Phi) is 4.92. The van der Waals surface area contributed by atoms with Gasteiger partial charge in [-0.15, -0.1) is 0 Å². The van der Waals surface area contributed by atoms with Crippen molar-refractivity contribution in [3.8, 4) is 0 Å². The third kappa shape index (κ3) is 3.82. The van der Waals surface area contributed by atoms with Crippen molar-refractivity contribution in [3.63, 3.8) is 0 Å². The van der Waals surface area contributed by atoms with Crippen molar-refractivity contribution < 1.29 is 9.53 Å². The average Bonchev–Trinajstić information content (AvgIpc) is 3.00. The fourth-order valence-electron chi connectivity index (χ4n) is 2.85. The Hall–Kier alpha value is -2.16. The lowest BCUT2D eigenvalue weighted by Crippen LogP contribution is -2.36. The predicted octanol–water partition coefficient (Wildman–Crippen LogP) is 2.51. The minimum absolute atomic E-state index is 0.00990. The number of anilines is 1. The molecule has 1 amide bonds. The van der Waals surface area contributed by atoms with Crippen LogP contribution in [0.5, 0.6) is 0 Å². The van der Waals surface area contributed by atoms with E-state index >= 15 is 0 Å². The summed E-state index contributed by atoms with van der Waals surface area (Å²) in [6.07, 6.45) is 3.53. The maximum atomic E-state index is 12.5. The van der Waals surface area contributed by atoms with E-state index in [2.05, 4.69) is 31.2 Å². The number of halogens is 1. The molecule has 3 rings (SSSR count). The number of likely N-dealkylation sites (tertiary alicyclic amines) is 1. The number of aryl methyl sites for hydroxylation is 1. The van der Waals surface area contributed by atoms with Gasteiger partial charge in [-0.1, -0.05) is 0 Å². The van der Waals surface area contributed by atoms with Crippen molar-refractivity contribution in [2.24, 2.45) is 7.05 Å². The first-order valence-electron chi connectivity index (χ1n) is 8.40. The van der Waals surface area contributed by atoms with Crippen LogP contribution >= 0.6 is 15.9 Å². The molecule has 1 aliphatic rings. The SMILES string of the molecule is Cn1cnc2c(Br)cnc(N[C@H]3CCN(C(=O)OC(C)(C)C)C3)c2c1=O. The van der Waals surface area contributed by atoms with Crippen LogP contribution in [-0.4, -0.2) is 50.3 Å². The third-order valence-corrected chi connectivity index (χ3v) is 4.66. The molecule has 0 radical (unpaired) electrons. The minimum Gasteiger partial charge on any atom is -0.444 e. The van der Waals surface area contributed by atoms with Gasteiger partial charge in [-0.25, -0.2) is 14.8 Å². The van der Waals surface area contributed by atoms with Crippen LogP contribution in [0.2, 0.25) is 0 Å². The summed E-state index contributed by atoms with van der Waals surface area (Å²) in [7, 11) is 1.65. The summed E-state index contributed by atoms with van der Waals surface area (Å²) in [6.45, 7) is 6.62. The van der Waals surface area contributed by atoms with Crippen molar-refractivity contribution in [3.05, 3.63) is 27.4 Å². The van der Waals surface area contributed by atoms with E-state index in [0.717, 1.165) is 6.42 Å². The summed E-state index contributed by atoms with van der Waals surface area (Å²) in [4.78, 5) is 35.1. The fraction of sp³-hybridized carbons (Fsp3) is 0.529. The molecule has 0 spiro atoms. The molecule has 0 unspecified atom stereocenters. The molecule has 0 aliphatic carbocycles. The lowest BCUT2D eigenvalue weighted by Gasteiger charge is -2.24. The molecule has 0 saturated carbocycles. The second-order valence-corrected chi connectivity index (χ2v) is 8.25. The number of nitrogens with zero attached hydrogens (tertiary/aromatic N) is 4. The standard InChI is InChI=1S/C17H22BrN5O3/c1-17(2,3)26-16(25)23-6-5-10(8-23)21-14-12-13(11(18)7-19-14)20-9-22(4)15(12)24/h7,9-10H,5-6,8H2,1-4H3,(H,19,21)/t10-/m0/s1. The molecule has 3 heterocycles. The average molecular weight is 424 g/mol. The highest BCUT2D eigenvalue weighted by Gasteiger charge is 2.30. The number of carbonyl (C=O) groups is 1. The number of carbonyl (C=O) groups excluding carboxylic acids is 1. The molecule has 0 aromatic carbocycles. The second-order valence-electron chi connectivity index (χ2n) is 7.40. The van der Waals surface area contributed by atoms with Gasteiger partial charge in [-0.3, -0.25) is 4.79 Å². The van der Waals surface area contributed by atoms with E-state index in [1.807, 2.05) is 20.8 Å². The lowest BCUT2D eigenvalue weighted by atomic mass is 10.2.